The van der Waals surface area contributed by atoms with Crippen molar-refractivity contribution in [2.45, 2.75) is 32.1 Å². The number of anilines is 1. The van der Waals surface area contributed by atoms with Gasteiger partial charge in [-0.2, -0.15) is 0 Å². The molecule has 0 aliphatic carbocycles. The van der Waals surface area contributed by atoms with Gasteiger partial charge in [-0.25, -0.2) is 23.5 Å². The maximum atomic E-state index is 12.4. The largest absolute Gasteiger partial charge is 0.350 e. The van der Waals surface area contributed by atoms with Crippen molar-refractivity contribution in [3.63, 3.8) is 0 Å². The standard InChI is InChI=1S/C18H25N5O3S/c1-4-23(5-2)18-21-13(3)12-16(22-18)17(24)20-11-10-14-6-8-15(9-7-14)27(19,25)26/h6-9,12H,4-5,10-11H2,1-3H3,(H,20,24)(H2,19,25,26). The first-order valence-electron chi connectivity index (χ1n) is 8.75. The third-order valence-corrected chi connectivity index (χ3v) is 5.00. The second-order valence-electron chi connectivity index (χ2n) is 6.06. The average molecular weight is 391 g/mol. The predicted octanol–water partition coefficient (Wildman–Crippen LogP) is 1.25. The van der Waals surface area contributed by atoms with Gasteiger partial charge in [-0.05, 0) is 51.0 Å². The number of hydrogen-bond donors (Lipinski definition) is 2. The molecule has 8 nitrogen and oxygen atoms in total. The summed E-state index contributed by atoms with van der Waals surface area (Å²) in [6.45, 7) is 7.77. The van der Waals surface area contributed by atoms with E-state index in [1.807, 2.05) is 25.7 Å². The van der Waals surface area contributed by atoms with Crippen molar-refractivity contribution < 1.29 is 13.2 Å². The molecule has 1 aromatic heterocycles. The maximum absolute atomic E-state index is 12.4. The Morgan fingerprint density at radius 1 is 1.15 bits per heavy atom. The first-order chi connectivity index (χ1) is 12.7. The van der Waals surface area contributed by atoms with Gasteiger partial charge in [0.25, 0.3) is 5.91 Å². The Morgan fingerprint density at radius 2 is 1.78 bits per heavy atom. The van der Waals surface area contributed by atoms with E-state index in [0.29, 0.717) is 24.6 Å². The van der Waals surface area contributed by atoms with Gasteiger partial charge in [0.1, 0.15) is 5.69 Å². The number of nitrogens with two attached hydrogens (primary N) is 1. The molecule has 146 valence electrons. The Morgan fingerprint density at radius 3 is 2.33 bits per heavy atom. The maximum Gasteiger partial charge on any atom is 0.270 e. The van der Waals surface area contributed by atoms with Crippen molar-refractivity contribution >= 4 is 21.9 Å². The number of rotatable bonds is 8. The van der Waals surface area contributed by atoms with Gasteiger partial charge in [-0.3, -0.25) is 4.79 Å². The molecule has 0 saturated carbocycles. The molecule has 1 aromatic carbocycles. The number of carbonyl (C=O) groups is 1. The van der Waals surface area contributed by atoms with Crippen molar-refractivity contribution in [3.05, 3.63) is 47.3 Å². The van der Waals surface area contributed by atoms with Crippen LogP contribution in [0.5, 0.6) is 0 Å². The smallest absolute Gasteiger partial charge is 0.270 e. The summed E-state index contributed by atoms with van der Waals surface area (Å²) in [7, 11) is -3.70. The molecule has 0 aliphatic rings. The fourth-order valence-corrected chi connectivity index (χ4v) is 3.09. The van der Waals surface area contributed by atoms with E-state index in [1.165, 1.54) is 12.1 Å². The van der Waals surface area contributed by atoms with E-state index in [0.717, 1.165) is 24.3 Å². The number of hydrogen-bond acceptors (Lipinski definition) is 6. The zero-order chi connectivity index (χ0) is 20.0. The number of aromatic nitrogens is 2. The van der Waals surface area contributed by atoms with Gasteiger partial charge in [0.05, 0.1) is 4.90 Å². The lowest BCUT2D eigenvalue weighted by atomic mass is 10.1. The van der Waals surface area contributed by atoms with Gasteiger partial charge in [-0.15, -0.1) is 0 Å². The lowest BCUT2D eigenvalue weighted by molar-refractivity contribution is 0.0949. The molecule has 0 unspecified atom stereocenters. The third kappa shape index (κ3) is 5.73. The number of carbonyl (C=O) groups excluding carboxylic acids is 1. The molecule has 0 fully saturated rings. The van der Waals surface area contributed by atoms with Crippen LogP contribution < -0.4 is 15.4 Å². The van der Waals surface area contributed by atoms with E-state index in [9.17, 15) is 13.2 Å². The average Bonchev–Trinajstić information content (AvgIpc) is 2.62. The van der Waals surface area contributed by atoms with Gasteiger partial charge in [0.2, 0.25) is 16.0 Å². The third-order valence-electron chi connectivity index (χ3n) is 4.07. The summed E-state index contributed by atoms with van der Waals surface area (Å²) in [5.41, 5.74) is 1.95. The minimum atomic E-state index is -3.70. The summed E-state index contributed by atoms with van der Waals surface area (Å²) in [6, 6.07) is 7.93. The quantitative estimate of drug-likeness (QED) is 0.699. The summed E-state index contributed by atoms with van der Waals surface area (Å²) in [5, 5.41) is 7.91. The number of benzene rings is 1. The SMILES string of the molecule is CCN(CC)c1nc(C)cc(C(=O)NCCc2ccc(S(N)(=O)=O)cc2)n1. The first-order valence-corrected chi connectivity index (χ1v) is 10.3. The molecule has 1 amide bonds. The molecule has 0 spiro atoms. The summed E-state index contributed by atoms with van der Waals surface area (Å²) >= 11 is 0. The van der Waals surface area contributed by atoms with Gasteiger partial charge < -0.3 is 10.2 Å². The number of nitrogens with zero attached hydrogens (tertiary/aromatic N) is 3. The Balaban J connectivity index is 1.99. The number of primary sulfonamides is 1. The summed E-state index contributed by atoms with van der Waals surface area (Å²) in [4.78, 5) is 23.2. The van der Waals surface area contributed by atoms with Crippen LogP contribution >= 0.6 is 0 Å². The van der Waals surface area contributed by atoms with Crippen molar-refractivity contribution in [2.75, 3.05) is 24.5 Å². The van der Waals surface area contributed by atoms with Crippen LogP contribution in [0.3, 0.4) is 0 Å². The van der Waals surface area contributed by atoms with E-state index in [1.54, 1.807) is 18.2 Å². The highest BCUT2D eigenvalue weighted by Gasteiger charge is 2.13. The fraction of sp³-hybridized carbons (Fsp3) is 0.389. The van der Waals surface area contributed by atoms with Crippen LogP contribution in [0.2, 0.25) is 0 Å². The zero-order valence-corrected chi connectivity index (χ0v) is 16.6. The normalized spacial score (nSPS) is 11.3. The molecule has 27 heavy (non-hydrogen) atoms. The highest BCUT2D eigenvalue weighted by molar-refractivity contribution is 7.89. The summed E-state index contributed by atoms with van der Waals surface area (Å²) < 4.78 is 22.5. The zero-order valence-electron chi connectivity index (χ0n) is 15.8. The second-order valence-corrected chi connectivity index (χ2v) is 7.62. The van der Waals surface area contributed by atoms with Crippen LogP contribution in [-0.2, 0) is 16.4 Å². The van der Waals surface area contributed by atoms with Gasteiger partial charge >= 0.3 is 0 Å². The lowest BCUT2D eigenvalue weighted by Gasteiger charge is -2.19. The Kier molecular flexibility index (Phi) is 6.86. The van der Waals surface area contributed by atoms with Crippen LogP contribution in [0.25, 0.3) is 0 Å². The molecule has 0 bridgehead atoms. The Hall–Kier alpha value is -2.52. The molecule has 3 N–H and O–H groups in total. The molecule has 2 rings (SSSR count). The Labute approximate surface area is 159 Å². The van der Waals surface area contributed by atoms with Gasteiger partial charge in [-0.1, -0.05) is 12.1 Å². The van der Waals surface area contributed by atoms with Crippen LogP contribution in [0.4, 0.5) is 5.95 Å². The Bertz CT molecular complexity index is 894. The number of sulfonamides is 1. The topological polar surface area (TPSA) is 118 Å². The first kappa shape index (κ1) is 20.8. The molecule has 2 aromatic rings. The molecular weight excluding hydrogens is 366 g/mol. The number of aryl methyl sites for hydroxylation is 1. The highest BCUT2D eigenvalue weighted by atomic mass is 32.2. The van der Waals surface area contributed by atoms with Crippen molar-refractivity contribution in [1.29, 1.82) is 0 Å². The number of nitrogens with one attached hydrogen (secondary N) is 1. The van der Waals surface area contributed by atoms with Crippen molar-refractivity contribution in [2.24, 2.45) is 5.14 Å². The minimum Gasteiger partial charge on any atom is -0.350 e. The van der Waals surface area contributed by atoms with E-state index in [-0.39, 0.29) is 10.8 Å². The van der Waals surface area contributed by atoms with E-state index in [2.05, 4.69) is 15.3 Å². The summed E-state index contributed by atoms with van der Waals surface area (Å²) in [6.07, 6.45) is 0.559. The van der Waals surface area contributed by atoms with Crippen LogP contribution in [0.15, 0.2) is 35.2 Å². The monoisotopic (exact) mass is 391 g/mol. The van der Waals surface area contributed by atoms with Gasteiger partial charge in [0.15, 0.2) is 0 Å². The van der Waals surface area contributed by atoms with E-state index < -0.39 is 10.0 Å². The van der Waals surface area contributed by atoms with Crippen LogP contribution in [0.1, 0.15) is 35.6 Å². The number of amides is 1. The molecule has 0 aliphatic heterocycles. The molecule has 0 radical (unpaired) electrons. The molecule has 0 atom stereocenters. The molecule has 0 saturated heterocycles. The molecule has 1 heterocycles. The van der Waals surface area contributed by atoms with Crippen molar-refractivity contribution in [3.8, 4) is 0 Å². The van der Waals surface area contributed by atoms with Crippen LogP contribution in [-0.4, -0.2) is 43.9 Å². The molecular formula is C18H25N5O3S. The molecule has 9 heteroatoms. The summed E-state index contributed by atoms with van der Waals surface area (Å²) in [5.74, 6) is 0.277. The van der Waals surface area contributed by atoms with Crippen LogP contribution in [0, 0.1) is 6.92 Å². The fourth-order valence-electron chi connectivity index (χ4n) is 2.57. The van der Waals surface area contributed by atoms with Gasteiger partial charge in [0, 0.05) is 25.3 Å². The second kappa shape index (κ2) is 8.92. The predicted molar refractivity (Wildman–Crippen MR) is 104 cm³/mol. The minimum absolute atomic E-state index is 0.0654. The highest BCUT2D eigenvalue weighted by Crippen LogP contribution is 2.11. The van der Waals surface area contributed by atoms with Crippen molar-refractivity contribution in [1.82, 2.24) is 15.3 Å². The lowest BCUT2D eigenvalue weighted by Crippen LogP contribution is -2.29. The van der Waals surface area contributed by atoms with E-state index >= 15 is 0 Å². The van der Waals surface area contributed by atoms with E-state index in [4.69, 9.17) is 5.14 Å².